The molecule has 0 saturated carbocycles. The van der Waals surface area contributed by atoms with Crippen LogP contribution in [0.15, 0.2) is 45.8 Å². The first kappa shape index (κ1) is 23.4. The van der Waals surface area contributed by atoms with Gasteiger partial charge in [-0.25, -0.2) is 13.1 Å². The summed E-state index contributed by atoms with van der Waals surface area (Å²) in [6.07, 6.45) is -0.0215. The van der Waals surface area contributed by atoms with Gasteiger partial charge in [0, 0.05) is 16.2 Å². The molecule has 158 valence electrons. The standard InChI is InChI=1S/C21H27BrN2O4S/c1-6-15(4)24-29(26,27)19-9-7-18(8-10-19)23-21(25)16(5)28-20-13(2)11-17(22)12-14(20)3/h7-12,15-16,24H,6H2,1-5H3,(H,23,25). The Morgan fingerprint density at radius 2 is 1.66 bits per heavy atom. The third-order valence-electron chi connectivity index (χ3n) is 4.49. The predicted molar refractivity (Wildman–Crippen MR) is 119 cm³/mol. The second-order valence-electron chi connectivity index (χ2n) is 7.07. The zero-order chi connectivity index (χ0) is 21.8. The van der Waals surface area contributed by atoms with Crippen LogP contribution in [0, 0.1) is 13.8 Å². The second kappa shape index (κ2) is 9.73. The lowest BCUT2D eigenvalue weighted by Gasteiger charge is -2.18. The fraction of sp³-hybridized carbons (Fsp3) is 0.381. The van der Waals surface area contributed by atoms with E-state index in [1.807, 2.05) is 39.8 Å². The number of sulfonamides is 1. The van der Waals surface area contributed by atoms with Crippen LogP contribution in [-0.2, 0) is 14.8 Å². The van der Waals surface area contributed by atoms with Gasteiger partial charge in [0.05, 0.1) is 4.90 Å². The Morgan fingerprint density at radius 3 is 2.17 bits per heavy atom. The van der Waals surface area contributed by atoms with Crippen molar-refractivity contribution in [1.82, 2.24) is 4.72 Å². The summed E-state index contributed by atoms with van der Waals surface area (Å²) in [5, 5.41) is 2.75. The average Bonchev–Trinajstić information content (AvgIpc) is 2.64. The zero-order valence-corrected chi connectivity index (χ0v) is 19.6. The third kappa shape index (κ3) is 6.29. The number of carbonyl (C=O) groups is 1. The lowest BCUT2D eigenvalue weighted by Crippen LogP contribution is -2.32. The molecule has 0 fully saturated rings. The summed E-state index contributed by atoms with van der Waals surface area (Å²) in [6.45, 7) is 9.23. The van der Waals surface area contributed by atoms with E-state index in [1.165, 1.54) is 12.1 Å². The molecular weight excluding hydrogens is 456 g/mol. The first-order valence-electron chi connectivity index (χ1n) is 9.40. The normalized spacial score (nSPS) is 13.6. The predicted octanol–water partition coefficient (Wildman–Crippen LogP) is 4.55. The maximum absolute atomic E-state index is 12.5. The van der Waals surface area contributed by atoms with Crippen LogP contribution < -0.4 is 14.8 Å². The number of rotatable bonds is 8. The molecule has 0 aromatic heterocycles. The zero-order valence-electron chi connectivity index (χ0n) is 17.2. The molecule has 2 aromatic rings. The Hall–Kier alpha value is -1.90. The van der Waals surface area contributed by atoms with Crippen molar-refractivity contribution in [1.29, 1.82) is 0 Å². The van der Waals surface area contributed by atoms with Crippen LogP contribution in [0.2, 0.25) is 0 Å². The summed E-state index contributed by atoms with van der Waals surface area (Å²) in [5.41, 5.74) is 2.36. The molecule has 0 spiro atoms. The molecule has 2 rings (SSSR count). The Morgan fingerprint density at radius 1 is 1.10 bits per heavy atom. The van der Waals surface area contributed by atoms with Crippen molar-refractivity contribution in [3.63, 3.8) is 0 Å². The van der Waals surface area contributed by atoms with Gasteiger partial charge < -0.3 is 10.1 Å². The van der Waals surface area contributed by atoms with Crippen LogP contribution >= 0.6 is 15.9 Å². The summed E-state index contributed by atoms with van der Waals surface area (Å²) in [5.74, 6) is 0.355. The Labute approximate surface area is 181 Å². The second-order valence-corrected chi connectivity index (χ2v) is 9.70. The molecule has 0 aliphatic heterocycles. The smallest absolute Gasteiger partial charge is 0.265 e. The van der Waals surface area contributed by atoms with Gasteiger partial charge >= 0.3 is 0 Å². The van der Waals surface area contributed by atoms with Crippen LogP contribution in [0.4, 0.5) is 5.69 Å². The van der Waals surface area contributed by atoms with Gasteiger partial charge in [-0.3, -0.25) is 4.79 Å². The minimum absolute atomic E-state index is 0.150. The first-order chi connectivity index (χ1) is 13.5. The average molecular weight is 483 g/mol. The summed E-state index contributed by atoms with van der Waals surface area (Å²) < 4.78 is 34.0. The molecule has 2 atom stereocenters. The van der Waals surface area contributed by atoms with E-state index >= 15 is 0 Å². The molecule has 29 heavy (non-hydrogen) atoms. The molecule has 2 N–H and O–H groups in total. The minimum Gasteiger partial charge on any atom is -0.480 e. The van der Waals surface area contributed by atoms with E-state index in [1.54, 1.807) is 19.1 Å². The Balaban J connectivity index is 2.05. The van der Waals surface area contributed by atoms with Crippen molar-refractivity contribution in [2.45, 2.75) is 58.1 Å². The van der Waals surface area contributed by atoms with E-state index in [2.05, 4.69) is 26.0 Å². The van der Waals surface area contributed by atoms with Crippen LogP contribution in [0.3, 0.4) is 0 Å². The highest BCUT2D eigenvalue weighted by Crippen LogP contribution is 2.28. The van der Waals surface area contributed by atoms with Crippen LogP contribution in [0.1, 0.15) is 38.3 Å². The fourth-order valence-electron chi connectivity index (χ4n) is 2.69. The molecule has 0 aliphatic carbocycles. The highest BCUT2D eigenvalue weighted by Gasteiger charge is 2.19. The minimum atomic E-state index is -3.58. The van der Waals surface area contributed by atoms with Crippen LogP contribution in [0.5, 0.6) is 5.75 Å². The molecule has 0 bridgehead atoms. The Kier molecular flexibility index (Phi) is 7.85. The van der Waals surface area contributed by atoms with Crippen molar-refractivity contribution < 1.29 is 17.9 Å². The van der Waals surface area contributed by atoms with E-state index < -0.39 is 16.1 Å². The monoisotopic (exact) mass is 482 g/mol. The van der Waals surface area contributed by atoms with Gasteiger partial charge in [0.2, 0.25) is 10.0 Å². The van der Waals surface area contributed by atoms with Crippen molar-refractivity contribution >= 4 is 37.5 Å². The molecule has 0 saturated heterocycles. The van der Waals surface area contributed by atoms with Gasteiger partial charge in [0.25, 0.3) is 5.91 Å². The van der Waals surface area contributed by atoms with Crippen molar-refractivity contribution in [2.24, 2.45) is 0 Å². The van der Waals surface area contributed by atoms with Crippen LogP contribution in [-0.4, -0.2) is 26.5 Å². The number of hydrogen-bond donors (Lipinski definition) is 2. The molecule has 8 heteroatoms. The quantitative estimate of drug-likeness (QED) is 0.577. The van der Waals surface area contributed by atoms with Crippen molar-refractivity contribution in [3.05, 3.63) is 52.0 Å². The molecule has 1 amide bonds. The molecule has 0 heterocycles. The lowest BCUT2D eigenvalue weighted by atomic mass is 10.1. The maximum Gasteiger partial charge on any atom is 0.265 e. The molecule has 0 aliphatic rings. The fourth-order valence-corrected chi connectivity index (χ4v) is 4.70. The van der Waals surface area contributed by atoms with Crippen molar-refractivity contribution in [2.75, 3.05) is 5.32 Å². The number of hydrogen-bond acceptors (Lipinski definition) is 4. The van der Waals surface area contributed by atoms with E-state index in [4.69, 9.17) is 4.74 Å². The Bertz CT molecular complexity index is 952. The SMILES string of the molecule is CCC(C)NS(=O)(=O)c1ccc(NC(=O)C(C)Oc2c(C)cc(Br)cc2C)cc1. The van der Waals surface area contributed by atoms with Crippen LogP contribution in [0.25, 0.3) is 0 Å². The number of aryl methyl sites for hydroxylation is 2. The molecule has 2 aromatic carbocycles. The number of benzene rings is 2. The topological polar surface area (TPSA) is 84.5 Å². The van der Waals surface area contributed by atoms with Gasteiger partial charge in [-0.05, 0) is 81.6 Å². The number of amides is 1. The largest absolute Gasteiger partial charge is 0.480 e. The number of ether oxygens (including phenoxy) is 1. The summed E-state index contributed by atoms with van der Waals surface area (Å²) in [4.78, 5) is 12.7. The highest BCUT2D eigenvalue weighted by atomic mass is 79.9. The first-order valence-corrected chi connectivity index (χ1v) is 11.7. The molecule has 6 nitrogen and oxygen atoms in total. The lowest BCUT2D eigenvalue weighted by molar-refractivity contribution is -0.122. The molecule has 0 radical (unpaired) electrons. The van der Waals surface area contributed by atoms with Gasteiger partial charge in [-0.15, -0.1) is 0 Å². The van der Waals surface area contributed by atoms with Gasteiger partial charge in [-0.2, -0.15) is 0 Å². The van der Waals surface area contributed by atoms with Gasteiger partial charge in [0.15, 0.2) is 6.10 Å². The van der Waals surface area contributed by atoms with E-state index in [0.717, 1.165) is 15.6 Å². The van der Waals surface area contributed by atoms with Crippen molar-refractivity contribution in [3.8, 4) is 5.75 Å². The van der Waals surface area contributed by atoms with E-state index in [0.29, 0.717) is 17.9 Å². The molecule has 2 unspecified atom stereocenters. The van der Waals surface area contributed by atoms with E-state index in [9.17, 15) is 13.2 Å². The van der Waals surface area contributed by atoms with Gasteiger partial charge in [-0.1, -0.05) is 22.9 Å². The number of carbonyl (C=O) groups excluding carboxylic acids is 1. The summed E-state index contributed by atoms with van der Waals surface area (Å²) >= 11 is 3.44. The summed E-state index contributed by atoms with van der Waals surface area (Å²) in [6, 6.07) is 9.77. The molecular formula is C21H27BrN2O4S. The number of anilines is 1. The third-order valence-corrected chi connectivity index (χ3v) is 6.55. The summed E-state index contributed by atoms with van der Waals surface area (Å²) in [7, 11) is -3.58. The number of halogens is 1. The van der Waals surface area contributed by atoms with E-state index in [-0.39, 0.29) is 16.8 Å². The van der Waals surface area contributed by atoms with Gasteiger partial charge in [0.1, 0.15) is 5.75 Å². The number of nitrogens with one attached hydrogen (secondary N) is 2. The highest BCUT2D eigenvalue weighted by molar-refractivity contribution is 9.10. The maximum atomic E-state index is 12.5.